The van der Waals surface area contributed by atoms with E-state index in [4.69, 9.17) is 26.8 Å². The predicted molar refractivity (Wildman–Crippen MR) is 88.1 cm³/mol. The number of nitrogen functional groups attached to an aromatic ring is 1. The predicted octanol–water partition coefficient (Wildman–Crippen LogP) is 3.95. The Hall–Kier alpha value is -2.20. The van der Waals surface area contributed by atoms with Crippen molar-refractivity contribution in [1.82, 2.24) is 0 Å². The second-order valence-corrected chi connectivity index (χ2v) is 5.15. The summed E-state index contributed by atoms with van der Waals surface area (Å²) in [5.41, 5.74) is 7.08. The maximum absolute atomic E-state index is 12.6. The summed E-state index contributed by atoms with van der Waals surface area (Å²) in [6, 6.07) is 10.1. The van der Waals surface area contributed by atoms with Crippen molar-refractivity contribution in [3.8, 4) is 11.5 Å². The highest BCUT2D eigenvalue weighted by Crippen LogP contribution is 2.34. The van der Waals surface area contributed by atoms with E-state index in [1.165, 1.54) is 7.11 Å². The van der Waals surface area contributed by atoms with Gasteiger partial charge >= 0.3 is 0 Å². The van der Waals surface area contributed by atoms with Crippen LogP contribution in [0.25, 0.3) is 0 Å². The highest BCUT2D eigenvalue weighted by Gasteiger charge is 2.18. The molecular weight excluding hydrogens is 302 g/mol. The number of nitrogens with two attached hydrogens (primary N) is 1. The van der Waals surface area contributed by atoms with Gasteiger partial charge in [-0.3, -0.25) is 4.79 Å². The van der Waals surface area contributed by atoms with Crippen LogP contribution in [0.15, 0.2) is 36.4 Å². The van der Waals surface area contributed by atoms with Gasteiger partial charge in [-0.05, 0) is 24.6 Å². The van der Waals surface area contributed by atoms with Crippen molar-refractivity contribution in [2.75, 3.05) is 19.5 Å². The summed E-state index contributed by atoms with van der Waals surface area (Å²) in [6.45, 7) is 2.55. The molecule has 2 rings (SSSR count). The Balaban J connectivity index is 2.43. The third-order valence-electron chi connectivity index (χ3n) is 3.16. The molecule has 5 heteroatoms. The van der Waals surface area contributed by atoms with Gasteiger partial charge in [0, 0.05) is 22.9 Å². The lowest BCUT2D eigenvalue weighted by Crippen LogP contribution is -2.08. The van der Waals surface area contributed by atoms with E-state index in [1.54, 1.807) is 36.4 Å². The van der Waals surface area contributed by atoms with Crippen LogP contribution in [-0.4, -0.2) is 19.5 Å². The average Bonchev–Trinajstić information content (AvgIpc) is 2.52. The fourth-order valence-corrected chi connectivity index (χ4v) is 2.27. The van der Waals surface area contributed by atoms with Crippen molar-refractivity contribution in [3.63, 3.8) is 0 Å². The van der Waals surface area contributed by atoms with Crippen LogP contribution in [0.4, 0.5) is 5.69 Å². The lowest BCUT2D eigenvalue weighted by Gasteiger charge is -2.14. The van der Waals surface area contributed by atoms with E-state index in [0.29, 0.717) is 39.9 Å². The zero-order chi connectivity index (χ0) is 16.1. The van der Waals surface area contributed by atoms with Crippen LogP contribution in [0.5, 0.6) is 11.5 Å². The molecule has 0 aliphatic heterocycles. The second kappa shape index (κ2) is 7.18. The van der Waals surface area contributed by atoms with Crippen molar-refractivity contribution in [3.05, 3.63) is 52.5 Å². The van der Waals surface area contributed by atoms with Crippen LogP contribution in [-0.2, 0) is 0 Å². The molecule has 0 bridgehead atoms. The normalized spacial score (nSPS) is 10.3. The van der Waals surface area contributed by atoms with Gasteiger partial charge in [-0.25, -0.2) is 0 Å². The summed E-state index contributed by atoms with van der Waals surface area (Å²) in [5, 5.41) is 0.386. The third-order valence-corrected chi connectivity index (χ3v) is 3.49. The number of hydrogen-bond acceptors (Lipinski definition) is 4. The highest BCUT2D eigenvalue weighted by molar-refractivity contribution is 6.35. The molecule has 0 saturated carbocycles. The summed E-state index contributed by atoms with van der Waals surface area (Å²) in [7, 11) is 1.52. The van der Waals surface area contributed by atoms with Gasteiger partial charge in [0.25, 0.3) is 0 Å². The van der Waals surface area contributed by atoms with Crippen molar-refractivity contribution in [2.24, 2.45) is 0 Å². The van der Waals surface area contributed by atoms with Crippen LogP contribution in [0.3, 0.4) is 0 Å². The number of ketones is 1. The van der Waals surface area contributed by atoms with Gasteiger partial charge in [-0.1, -0.05) is 30.7 Å². The number of ether oxygens (including phenoxy) is 2. The van der Waals surface area contributed by atoms with Gasteiger partial charge in [-0.15, -0.1) is 0 Å². The molecule has 0 aliphatic carbocycles. The Bertz CT molecular complexity index is 686. The molecule has 22 heavy (non-hydrogen) atoms. The molecule has 0 aromatic heterocycles. The number of benzene rings is 2. The van der Waals surface area contributed by atoms with Gasteiger partial charge in [0.15, 0.2) is 17.3 Å². The lowest BCUT2D eigenvalue weighted by atomic mass is 10.0. The molecule has 0 atom stereocenters. The zero-order valence-corrected chi connectivity index (χ0v) is 13.3. The maximum Gasteiger partial charge on any atom is 0.196 e. The molecule has 0 radical (unpaired) electrons. The molecule has 0 fully saturated rings. The number of hydrogen-bond donors (Lipinski definition) is 1. The van der Waals surface area contributed by atoms with E-state index in [9.17, 15) is 4.79 Å². The molecule has 116 valence electrons. The molecule has 2 aromatic rings. The largest absolute Gasteiger partial charge is 0.493 e. The number of carbonyl (C=O) groups excluding carboxylic acids is 1. The molecule has 2 aromatic carbocycles. The van der Waals surface area contributed by atoms with Crippen LogP contribution in [0, 0.1) is 0 Å². The van der Waals surface area contributed by atoms with E-state index >= 15 is 0 Å². The Kier molecular flexibility index (Phi) is 5.28. The van der Waals surface area contributed by atoms with E-state index in [0.717, 1.165) is 6.42 Å². The minimum absolute atomic E-state index is 0.247. The van der Waals surface area contributed by atoms with Gasteiger partial charge in [-0.2, -0.15) is 0 Å². The Labute approximate surface area is 134 Å². The molecule has 4 nitrogen and oxygen atoms in total. The van der Waals surface area contributed by atoms with Crippen LogP contribution >= 0.6 is 11.6 Å². The monoisotopic (exact) mass is 319 g/mol. The first-order valence-corrected chi connectivity index (χ1v) is 7.35. The number of halogens is 1. The fourth-order valence-electron chi connectivity index (χ4n) is 2.05. The van der Waals surface area contributed by atoms with Crippen LogP contribution < -0.4 is 15.2 Å². The van der Waals surface area contributed by atoms with Gasteiger partial charge in [0.05, 0.1) is 18.7 Å². The molecular formula is C17H18ClNO3. The Morgan fingerprint density at radius 3 is 2.55 bits per heavy atom. The molecule has 0 amide bonds. The summed E-state index contributed by atoms with van der Waals surface area (Å²) in [4.78, 5) is 12.6. The van der Waals surface area contributed by atoms with Crippen molar-refractivity contribution in [2.45, 2.75) is 13.3 Å². The zero-order valence-electron chi connectivity index (χ0n) is 12.6. The molecule has 0 saturated heterocycles. The Morgan fingerprint density at radius 2 is 1.91 bits per heavy atom. The minimum Gasteiger partial charge on any atom is -0.493 e. The maximum atomic E-state index is 12.6. The first-order chi connectivity index (χ1) is 10.6. The standard InChI is InChI=1S/C17H18ClNO3/c1-3-8-22-16-10-14(19)12(9-15(16)21-2)17(20)11-6-4-5-7-13(11)18/h4-7,9-10H,3,8,19H2,1-2H3. The molecule has 0 spiro atoms. The van der Waals surface area contributed by atoms with E-state index < -0.39 is 0 Å². The van der Waals surface area contributed by atoms with E-state index in [1.807, 2.05) is 6.92 Å². The highest BCUT2D eigenvalue weighted by atomic mass is 35.5. The number of anilines is 1. The van der Waals surface area contributed by atoms with E-state index in [-0.39, 0.29) is 5.78 Å². The SMILES string of the molecule is CCCOc1cc(N)c(C(=O)c2ccccc2Cl)cc1OC. The number of rotatable bonds is 6. The first kappa shape index (κ1) is 16.2. The third kappa shape index (κ3) is 3.34. The van der Waals surface area contributed by atoms with Crippen molar-refractivity contribution in [1.29, 1.82) is 0 Å². The van der Waals surface area contributed by atoms with Crippen molar-refractivity contribution >= 4 is 23.1 Å². The Morgan fingerprint density at radius 1 is 1.18 bits per heavy atom. The summed E-state index contributed by atoms with van der Waals surface area (Å²) in [6.07, 6.45) is 0.864. The molecule has 0 heterocycles. The van der Waals surface area contributed by atoms with E-state index in [2.05, 4.69) is 0 Å². The number of methoxy groups -OCH3 is 1. The lowest BCUT2D eigenvalue weighted by molar-refractivity contribution is 0.103. The molecule has 0 aliphatic rings. The summed E-state index contributed by atoms with van der Waals surface area (Å²) < 4.78 is 10.9. The summed E-state index contributed by atoms with van der Waals surface area (Å²) >= 11 is 6.08. The topological polar surface area (TPSA) is 61.5 Å². The molecule has 2 N–H and O–H groups in total. The molecule has 0 unspecified atom stereocenters. The summed E-state index contributed by atoms with van der Waals surface area (Å²) in [5.74, 6) is 0.749. The van der Waals surface area contributed by atoms with Crippen molar-refractivity contribution < 1.29 is 14.3 Å². The fraction of sp³-hybridized carbons (Fsp3) is 0.235. The minimum atomic E-state index is -0.247. The van der Waals surface area contributed by atoms with Gasteiger partial charge in [0.2, 0.25) is 0 Å². The van der Waals surface area contributed by atoms with Gasteiger partial charge < -0.3 is 15.2 Å². The second-order valence-electron chi connectivity index (χ2n) is 4.75. The number of carbonyl (C=O) groups is 1. The van der Waals surface area contributed by atoms with Crippen LogP contribution in [0.1, 0.15) is 29.3 Å². The quantitative estimate of drug-likeness (QED) is 0.647. The van der Waals surface area contributed by atoms with Gasteiger partial charge in [0.1, 0.15) is 0 Å². The first-order valence-electron chi connectivity index (χ1n) is 6.98. The van der Waals surface area contributed by atoms with Crippen LogP contribution in [0.2, 0.25) is 5.02 Å². The smallest absolute Gasteiger partial charge is 0.196 e. The average molecular weight is 320 g/mol.